The first-order valence-corrected chi connectivity index (χ1v) is 6.43. The molecule has 1 saturated heterocycles. The normalized spacial score (nSPS) is 25.0. The van der Waals surface area contributed by atoms with Crippen molar-refractivity contribution in [1.29, 1.82) is 0 Å². The molecule has 98 valence electrons. The first kappa shape index (κ1) is 13.2. The van der Waals surface area contributed by atoms with Crippen molar-refractivity contribution >= 4 is 5.78 Å². The number of ketones is 1. The summed E-state index contributed by atoms with van der Waals surface area (Å²) in [5.41, 5.74) is 0.242. The molecule has 0 bridgehead atoms. The molecule has 1 fully saturated rings. The SMILES string of the molecule is CC1(C)CC(C(=O)Cc2ccccn2)C(C)(C)O1. The Morgan fingerprint density at radius 2 is 2.11 bits per heavy atom. The molecule has 1 atom stereocenters. The van der Waals surface area contributed by atoms with Crippen LogP contribution >= 0.6 is 0 Å². The first-order chi connectivity index (χ1) is 8.30. The van der Waals surface area contributed by atoms with Crippen LogP contribution in [0.25, 0.3) is 0 Å². The predicted octanol–water partition coefficient (Wildman–Crippen LogP) is 2.79. The molecule has 1 unspecified atom stereocenters. The molecule has 3 nitrogen and oxygen atoms in total. The lowest BCUT2D eigenvalue weighted by Gasteiger charge is -2.26. The average molecular weight is 247 g/mol. The summed E-state index contributed by atoms with van der Waals surface area (Å²) >= 11 is 0. The number of aromatic nitrogens is 1. The molecule has 2 rings (SSSR count). The van der Waals surface area contributed by atoms with E-state index in [1.165, 1.54) is 0 Å². The van der Waals surface area contributed by atoms with Gasteiger partial charge in [-0.25, -0.2) is 0 Å². The Morgan fingerprint density at radius 3 is 2.61 bits per heavy atom. The number of carbonyl (C=O) groups is 1. The number of hydrogen-bond donors (Lipinski definition) is 0. The lowest BCUT2D eigenvalue weighted by molar-refractivity contribution is -0.128. The van der Waals surface area contributed by atoms with E-state index in [9.17, 15) is 4.79 Å². The summed E-state index contributed by atoms with van der Waals surface area (Å²) in [6.07, 6.45) is 2.91. The minimum absolute atomic E-state index is 0.0468. The zero-order valence-electron chi connectivity index (χ0n) is 11.6. The zero-order valence-corrected chi connectivity index (χ0v) is 11.6. The molecule has 1 aliphatic heterocycles. The highest BCUT2D eigenvalue weighted by atomic mass is 16.5. The van der Waals surface area contributed by atoms with Crippen molar-refractivity contribution in [3.63, 3.8) is 0 Å². The van der Waals surface area contributed by atoms with Gasteiger partial charge in [0.1, 0.15) is 5.78 Å². The molecule has 1 aromatic rings. The second kappa shape index (κ2) is 4.47. The van der Waals surface area contributed by atoms with Crippen LogP contribution in [-0.2, 0) is 16.0 Å². The monoisotopic (exact) mass is 247 g/mol. The third-order valence-corrected chi connectivity index (χ3v) is 3.54. The molecule has 2 heterocycles. The van der Waals surface area contributed by atoms with Gasteiger partial charge in [0, 0.05) is 24.2 Å². The van der Waals surface area contributed by atoms with Crippen molar-refractivity contribution < 1.29 is 9.53 Å². The fourth-order valence-corrected chi connectivity index (χ4v) is 2.87. The van der Waals surface area contributed by atoms with Crippen LogP contribution in [-0.4, -0.2) is 22.0 Å². The number of pyridine rings is 1. The van der Waals surface area contributed by atoms with Gasteiger partial charge in [-0.3, -0.25) is 9.78 Å². The van der Waals surface area contributed by atoms with Crippen LogP contribution in [0.5, 0.6) is 0 Å². The van der Waals surface area contributed by atoms with E-state index < -0.39 is 0 Å². The third-order valence-electron chi connectivity index (χ3n) is 3.54. The predicted molar refractivity (Wildman–Crippen MR) is 70.3 cm³/mol. The topological polar surface area (TPSA) is 39.2 Å². The quantitative estimate of drug-likeness (QED) is 0.824. The van der Waals surface area contributed by atoms with Gasteiger partial charge in [0.05, 0.1) is 11.2 Å². The van der Waals surface area contributed by atoms with E-state index in [-0.39, 0.29) is 22.9 Å². The first-order valence-electron chi connectivity index (χ1n) is 6.43. The van der Waals surface area contributed by atoms with Gasteiger partial charge in [0.25, 0.3) is 0 Å². The molecule has 0 amide bonds. The van der Waals surface area contributed by atoms with E-state index in [2.05, 4.69) is 4.98 Å². The maximum absolute atomic E-state index is 12.4. The molecule has 0 N–H and O–H groups in total. The van der Waals surface area contributed by atoms with Crippen molar-refractivity contribution in [2.24, 2.45) is 5.92 Å². The largest absolute Gasteiger partial charge is 0.369 e. The second-order valence-corrected chi connectivity index (χ2v) is 6.19. The minimum Gasteiger partial charge on any atom is -0.369 e. The van der Waals surface area contributed by atoms with E-state index in [0.29, 0.717) is 6.42 Å². The van der Waals surface area contributed by atoms with Crippen LogP contribution in [0, 0.1) is 5.92 Å². The standard InChI is InChI=1S/C15H21NO2/c1-14(2)10-12(15(3,4)18-14)13(17)9-11-7-5-6-8-16-11/h5-8,12H,9-10H2,1-4H3. The van der Waals surface area contributed by atoms with Crippen molar-refractivity contribution in [2.75, 3.05) is 0 Å². The van der Waals surface area contributed by atoms with E-state index >= 15 is 0 Å². The average Bonchev–Trinajstić information content (AvgIpc) is 2.48. The van der Waals surface area contributed by atoms with E-state index in [4.69, 9.17) is 4.74 Å². The highest BCUT2D eigenvalue weighted by molar-refractivity contribution is 5.84. The lowest BCUT2D eigenvalue weighted by atomic mass is 9.82. The Balaban J connectivity index is 2.10. The lowest BCUT2D eigenvalue weighted by Crippen LogP contribution is -2.34. The summed E-state index contributed by atoms with van der Waals surface area (Å²) in [4.78, 5) is 16.6. The van der Waals surface area contributed by atoms with Crippen molar-refractivity contribution in [2.45, 2.75) is 51.7 Å². The summed E-state index contributed by atoms with van der Waals surface area (Å²) in [6, 6.07) is 5.67. The van der Waals surface area contributed by atoms with Gasteiger partial charge in [-0.05, 0) is 46.2 Å². The Labute approximate surface area is 109 Å². The maximum atomic E-state index is 12.4. The molecule has 1 aromatic heterocycles. The number of rotatable bonds is 3. The number of carbonyl (C=O) groups excluding carboxylic acids is 1. The fraction of sp³-hybridized carbons (Fsp3) is 0.600. The fourth-order valence-electron chi connectivity index (χ4n) is 2.87. The Morgan fingerprint density at radius 1 is 1.39 bits per heavy atom. The highest BCUT2D eigenvalue weighted by Gasteiger charge is 2.48. The molecular formula is C15H21NO2. The molecule has 18 heavy (non-hydrogen) atoms. The smallest absolute Gasteiger partial charge is 0.144 e. The molecular weight excluding hydrogens is 226 g/mol. The van der Waals surface area contributed by atoms with Crippen LogP contribution < -0.4 is 0 Å². The Kier molecular flexibility index (Phi) is 3.28. The van der Waals surface area contributed by atoms with Gasteiger partial charge in [-0.15, -0.1) is 0 Å². The van der Waals surface area contributed by atoms with Gasteiger partial charge >= 0.3 is 0 Å². The third kappa shape index (κ3) is 2.78. The molecule has 0 spiro atoms. The van der Waals surface area contributed by atoms with Gasteiger partial charge in [-0.1, -0.05) is 6.07 Å². The molecule has 0 aromatic carbocycles. The van der Waals surface area contributed by atoms with E-state index in [1.54, 1.807) is 6.20 Å². The van der Waals surface area contributed by atoms with Gasteiger partial charge in [0.2, 0.25) is 0 Å². The summed E-state index contributed by atoms with van der Waals surface area (Å²) in [7, 11) is 0. The Hall–Kier alpha value is -1.22. The molecule has 1 aliphatic rings. The Bertz CT molecular complexity index is 437. The summed E-state index contributed by atoms with van der Waals surface area (Å²) in [5.74, 6) is 0.179. The number of nitrogens with zero attached hydrogens (tertiary/aromatic N) is 1. The van der Waals surface area contributed by atoms with Gasteiger partial charge < -0.3 is 4.74 Å². The molecule has 0 aliphatic carbocycles. The second-order valence-electron chi connectivity index (χ2n) is 6.19. The summed E-state index contributed by atoms with van der Waals surface area (Å²) in [5, 5.41) is 0. The van der Waals surface area contributed by atoms with Crippen molar-refractivity contribution in [3.05, 3.63) is 30.1 Å². The molecule has 3 heteroatoms. The highest BCUT2D eigenvalue weighted by Crippen LogP contribution is 2.42. The van der Waals surface area contributed by atoms with Crippen LogP contribution in [0.15, 0.2) is 24.4 Å². The minimum atomic E-state index is -0.380. The number of ether oxygens (including phenoxy) is 1. The van der Waals surface area contributed by atoms with E-state index in [1.807, 2.05) is 45.9 Å². The van der Waals surface area contributed by atoms with Crippen molar-refractivity contribution in [1.82, 2.24) is 4.98 Å². The summed E-state index contributed by atoms with van der Waals surface area (Å²) < 4.78 is 5.97. The molecule has 0 saturated carbocycles. The maximum Gasteiger partial charge on any atom is 0.144 e. The van der Waals surface area contributed by atoms with Gasteiger partial charge in [0.15, 0.2) is 0 Å². The molecule has 0 radical (unpaired) electrons. The van der Waals surface area contributed by atoms with Crippen LogP contribution in [0.1, 0.15) is 39.8 Å². The van der Waals surface area contributed by atoms with E-state index in [0.717, 1.165) is 12.1 Å². The number of hydrogen-bond acceptors (Lipinski definition) is 3. The summed E-state index contributed by atoms with van der Waals surface area (Å²) in [6.45, 7) is 8.09. The van der Waals surface area contributed by atoms with Crippen LogP contribution in [0.4, 0.5) is 0 Å². The van der Waals surface area contributed by atoms with Crippen LogP contribution in [0.3, 0.4) is 0 Å². The van der Waals surface area contributed by atoms with Crippen LogP contribution in [0.2, 0.25) is 0 Å². The number of Topliss-reactive ketones (excluding diaryl/α,β-unsaturated/α-hetero) is 1. The zero-order chi connectivity index (χ0) is 13.4. The van der Waals surface area contributed by atoms with Crippen molar-refractivity contribution in [3.8, 4) is 0 Å². The van der Waals surface area contributed by atoms with Gasteiger partial charge in [-0.2, -0.15) is 0 Å².